The molecule has 0 atom stereocenters. The van der Waals surface area contributed by atoms with Crippen molar-refractivity contribution in [1.82, 2.24) is 0 Å². The lowest BCUT2D eigenvalue weighted by Crippen LogP contribution is -2.10. The highest BCUT2D eigenvalue weighted by molar-refractivity contribution is 9.10. The Kier molecular flexibility index (Phi) is 3.78. The van der Waals surface area contributed by atoms with Crippen LogP contribution in [0.3, 0.4) is 0 Å². The molecule has 1 N–H and O–H groups in total. The lowest BCUT2D eigenvalue weighted by molar-refractivity contribution is -0.139. The predicted molar refractivity (Wildman–Crippen MR) is 55.2 cm³/mol. The second-order valence-electron chi connectivity index (χ2n) is 3.18. The molecule has 1 rings (SSSR count). The zero-order valence-electron chi connectivity index (χ0n) is 8.18. The van der Waals surface area contributed by atoms with E-state index in [1.54, 1.807) is 0 Å². The van der Waals surface area contributed by atoms with Crippen LogP contribution in [-0.4, -0.2) is 11.1 Å². The molecule has 0 unspecified atom stereocenters. The van der Waals surface area contributed by atoms with Gasteiger partial charge in [-0.25, -0.2) is 0 Å². The van der Waals surface area contributed by atoms with Crippen LogP contribution in [0.1, 0.15) is 16.7 Å². The van der Waals surface area contributed by atoms with Gasteiger partial charge in [0.2, 0.25) is 0 Å². The highest BCUT2D eigenvalue weighted by Gasteiger charge is 2.35. The number of alkyl halides is 3. The monoisotopic (exact) mass is 307 g/mol. The van der Waals surface area contributed by atoms with Gasteiger partial charge < -0.3 is 5.11 Å². The van der Waals surface area contributed by atoms with Crippen LogP contribution in [0.25, 0.3) is 0 Å². The van der Waals surface area contributed by atoms with Gasteiger partial charge in [0.15, 0.2) is 0 Å². The predicted octanol–water partition coefficient (Wildman–Crippen LogP) is 2.97. The number of hydrogen-bond acceptors (Lipinski definition) is 2. The molecule has 0 saturated heterocycles. The van der Waals surface area contributed by atoms with Gasteiger partial charge in [0.05, 0.1) is 17.5 Å². The van der Waals surface area contributed by atoms with Crippen molar-refractivity contribution >= 4 is 21.9 Å². The molecule has 1 aromatic carbocycles. The van der Waals surface area contributed by atoms with Gasteiger partial charge in [-0.3, -0.25) is 4.79 Å². The van der Waals surface area contributed by atoms with Crippen molar-refractivity contribution in [3.63, 3.8) is 0 Å². The van der Waals surface area contributed by atoms with E-state index in [0.29, 0.717) is 6.07 Å². The molecule has 17 heavy (non-hydrogen) atoms. The third-order valence-corrected chi connectivity index (χ3v) is 2.55. The summed E-state index contributed by atoms with van der Waals surface area (Å²) < 4.78 is 37.8. The maximum Gasteiger partial charge on any atom is 0.417 e. The van der Waals surface area contributed by atoms with Crippen LogP contribution in [0.15, 0.2) is 16.6 Å². The Hall–Kier alpha value is -1.55. The molecule has 0 bridgehead atoms. The molecule has 0 radical (unpaired) electrons. The largest absolute Gasteiger partial charge is 0.481 e. The molecule has 1 aromatic rings. The van der Waals surface area contributed by atoms with Gasteiger partial charge in [0.1, 0.15) is 6.07 Å². The first-order valence-electron chi connectivity index (χ1n) is 4.27. The first kappa shape index (κ1) is 13.5. The molecule has 90 valence electrons. The molecule has 0 aliphatic heterocycles. The van der Waals surface area contributed by atoms with E-state index in [2.05, 4.69) is 15.9 Å². The third-order valence-electron chi connectivity index (χ3n) is 1.92. The Bertz CT molecular complexity index is 505. The summed E-state index contributed by atoms with van der Waals surface area (Å²) in [7, 11) is 0. The van der Waals surface area contributed by atoms with Gasteiger partial charge >= 0.3 is 12.1 Å². The van der Waals surface area contributed by atoms with Crippen molar-refractivity contribution in [3.8, 4) is 6.07 Å². The van der Waals surface area contributed by atoms with Gasteiger partial charge in [-0.2, -0.15) is 18.4 Å². The number of aliphatic carboxylic acids is 1. The molecule has 0 aliphatic carbocycles. The minimum absolute atomic E-state index is 0.0179. The van der Waals surface area contributed by atoms with Crippen LogP contribution in [-0.2, 0) is 17.4 Å². The molecule has 0 aromatic heterocycles. The van der Waals surface area contributed by atoms with E-state index in [-0.39, 0.29) is 10.0 Å². The summed E-state index contributed by atoms with van der Waals surface area (Å²) in [4.78, 5) is 10.4. The maximum absolute atomic E-state index is 12.6. The zero-order chi connectivity index (χ0) is 13.2. The van der Waals surface area contributed by atoms with Crippen LogP contribution in [0, 0.1) is 11.3 Å². The molecule has 0 fully saturated rings. The average Bonchev–Trinajstić information content (AvgIpc) is 2.14. The fraction of sp³-hybridized carbons (Fsp3) is 0.200. The summed E-state index contributed by atoms with van der Waals surface area (Å²) in [6, 6.07) is 3.31. The number of nitriles is 1. The quantitative estimate of drug-likeness (QED) is 0.913. The van der Waals surface area contributed by atoms with Crippen LogP contribution in [0.5, 0.6) is 0 Å². The van der Waals surface area contributed by atoms with Gasteiger partial charge in [0, 0.05) is 4.47 Å². The van der Waals surface area contributed by atoms with Crippen molar-refractivity contribution in [1.29, 1.82) is 5.26 Å². The lowest BCUT2D eigenvalue weighted by atomic mass is 10.0. The Labute approximate surface area is 103 Å². The number of benzene rings is 1. The van der Waals surface area contributed by atoms with Crippen molar-refractivity contribution in [2.75, 3.05) is 0 Å². The maximum atomic E-state index is 12.6. The van der Waals surface area contributed by atoms with Gasteiger partial charge in [-0.15, -0.1) is 0 Å². The summed E-state index contributed by atoms with van der Waals surface area (Å²) in [6.45, 7) is 0. The fourth-order valence-corrected chi connectivity index (χ4v) is 1.87. The highest BCUT2D eigenvalue weighted by Crippen LogP contribution is 2.35. The van der Waals surface area contributed by atoms with Crippen molar-refractivity contribution < 1.29 is 23.1 Å². The Morgan fingerprint density at radius 1 is 1.47 bits per heavy atom. The highest BCUT2D eigenvalue weighted by atomic mass is 79.9. The molecule has 0 spiro atoms. The van der Waals surface area contributed by atoms with Crippen LogP contribution >= 0.6 is 15.9 Å². The van der Waals surface area contributed by atoms with E-state index in [4.69, 9.17) is 10.4 Å². The standard InChI is InChI=1S/C10H5BrF3NO2/c11-8-2-5(3-9(16)17)1-7(6(8)4-15)10(12,13)14/h1-2H,3H2,(H,16,17). The third kappa shape index (κ3) is 3.20. The topological polar surface area (TPSA) is 61.1 Å². The molecule has 3 nitrogen and oxygen atoms in total. The number of nitrogens with zero attached hydrogens (tertiary/aromatic N) is 1. The number of carboxylic acid groups (broad SMARTS) is 1. The van der Waals surface area contributed by atoms with Gasteiger partial charge in [0.25, 0.3) is 0 Å². The van der Waals surface area contributed by atoms with Gasteiger partial charge in [-0.05, 0) is 33.6 Å². The van der Waals surface area contributed by atoms with E-state index in [9.17, 15) is 18.0 Å². The number of carbonyl (C=O) groups is 1. The molecule has 0 heterocycles. The Balaban J connectivity index is 3.40. The first-order chi connectivity index (χ1) is 7.75. The van der Waals surface area contributed by atoms with Crippen LogP contribution in [0.4, 0.5) is 13.2 Å². The summed E-state index contributed by atoms with van der Waals surface area (Å²) in [5, 5.41) is 17.2. The SMILES string of the molecule is N#Cc1c(Br)cc(CC(=O)O)cc1C(F)(F)F. The van der Waals surface area contributed by atoms with Crippen molar-refractivity contribution in [2.45, 2.75) is 12.6 Å². The van der Waals surface area contributed by atoms with E-state index in [0.717, 1.165) is 0 Å². The second kappa shape index (κ2) is 4.75. The normalized spacial score (nSPS) is 11.0. The minimum atomic E-state index is -4.69. The summed E-state index contributed by atoms with van der Waals surface area (Å²) in [6.07, 6.45) is -5.23. The van der Waals surface area contributed by atoms with Crippen molar-refractivity contribution in [3.05, 3.63) is 33.3 Å². The molecular weight excluding hydrogens is 303 g/mol. The Morgan fingerprint density at radius 3 is 2.47 bits per heavy atom. The van der Waals surface area contributed by atoms with E-state index >= 15 is 0 Å². The number of hydrogen-bond donors (Lipinski definition) is 1. The summed E-state index contributed by atoms with van der Waals surface area (Å²) >= 11 is 2.83. The fourth-order valence-electron chi connectivity index (χ4n) is 1.28. The van der Waals surface area contributed by atoms with Crippen LogP contribution in [0.2, 0.25) is 0 Å². The molecular formula is C10H5BrF3NO2. The number of carboxylic acids is 1. The van der Waals surface area contributed by atoms with E-state index < -0.39 is 29.7 Å². The van der Waals surface area contributed by atoms with Crippen molar-refractivity contribution in [2.24, 2.45) is 0 Å². The molecule has 0 aliphatic rings. The first-order valence-corrected chi connectivity index (χ1v) is 5.06. The van der Waals surface area contributed by atoms with Crippen LogP contribution < -0.4 is 0 Å². The van der Waals surface area contributed by atoms with E-state index in [1.165, 1.54) is 12.1 Å². The number of rotatable bonds is 2. The summed E-state index contributed by atoms with van der Waals surface area (Å²) in [5.74, 6) is -1.24. The number of halogens is 4. The van der Waals surface area contributed by atoms with Gasteiger partial charge in [-0.1, -0.05) is 0 Å². The molecule has 7 heteroatoms. The molecule has 0 saturated carbocycles. The van der Waals surface area contributed by atoms with E-state index in [1.807, 2.05) is 0 Å². The minimum Gasteiger partial charge on any atom is -0.481 e. The zero-order valence-corrected chi connectivity index (χ0v) is 9.76. The molecule has 0 amide bonds. The lowest BCUT2D eigenvalue weighted by Gasteiger charge is -2.11. The second-order valence-corrected chi connectivity index (χ2v) is 4.03. The summed E-state index contributed by atoms with van der Waals surface area (Å²) in [5.41, 5.74) is -1.70. The Morgan fingerprint density at radius 2 is 2.06 bits per heavy atom. The average molecular weight is 308 g/mol. The smallest absolute Gasteiger partial charge is 0.417 e.